The Morgan fingerprint density at radius 1 is 1.10 bits per heavy atom. The van der Waals surface area contributed by atoms with E-state index in [1.807, 2.05) is 32.2 Å². The number of nitrogens with one attached hydrogen (secondary N) is 2. The Bertz CT molecular complexity index is 1560. The molecule has 1 aliphatic rings. The number of nitrogens with zero attached hydrogens (tertiary/aromatic N) is 5. The van der Waals surface area contributed by atoms with Crippen LogP contribution in [0.3, 0.4) is 0 Å². The van der Waals surface area contributed by atoms with E-state index in [1.54, 1.807) is 19.4 Å². The minimum absolute atomic E-state index is 0.362. The summed E-state index contributed by atoms with van der Waals surface area (Å²) < 4.78 is 21.5. The molecule has 0 aliphatic carbocycles. The molecular formula is C29H32FN7O2. The van der Waals surface area contributed by atoms with Crippen molar-refractivity contribution in [2.24, 2.45) is 7.05 Å². The maximum atomic E-state index is 13.7. The van der Waals surface area contributed by atoms with E-state index in [0.717, 1.165) is 59.6 Å². The lowest BCUT2D eigenvalue weighted by molar-refractivity contribution is -0.114. The van der Waals surface area contributed by atoms with Gasteiger partial charge < -0.3 is 29.7 Å². The molecule has 0 bridgehead atoms. The zero-order chi connectivity index (χ0) is 27.7. The number of hydrogen-bond donors (Lipinski definition) is 2. The number of rotatable bonds is 7. The fraction of sp³-hybridized carbons (Fsp3) is 0.276. The summed E-state index contributed by atoms with van der Waals surface area (Å²) in [5.74, 6) is -1.06. The Hall–Kier alpha value is -4.44. The van der Waals surface area contributed by atoms with Gasteiger partial charge in [-0.3, -0.25) is 4.79 Å². The molecule has 9 nitrogen and oxygen atoms in total. The van der Waals surface area contributed by atoms with Crippen LogP contribution < -0.4 is 20.3 Å². The summed E-state index contributed by atoms with van der Waals surface area (Å²) >= 11 is 0. The number of para-hydroxylation sites is 1. The van der Waals surface area contributed by atoms with Crippen LogP contribution in [0.15, 0.2) is 61.2 Å². The van der Waals surface area contributed by atoms with Gasteiger partial charge in [-0.25, -0.2) is 14.4 Å². The molecule has 4 aromatic rings. The first kappa shape index (κ1) is 26.2. The highest BCUT2D eigenvalue weighted by Crippen LogP contribution is 2.39. The van der Waals surface area contributed by atoms with Crippen molar-refractivity contribution in [3.05, 3.63) is 66.8 Å². The van der Waals surface area contributed by atoms with Crippen molar-refractivity contribution < 1.29 is 13.9 Å². The number of aryl methyl sites for hydroxylation is 2. The van der Waals surface area contributed by atoms with Crippen LogP contribution >= 0.6 is 0 Å². The Balaban J connectivity index is 1.54. The first-order valence-corrected chi connectivity index (χ1v) is 12.7. The quantitative estimate of drug-likeness (QED) is 0.330. The smallest absolute Gasteiger partial charge is 0.283 e. The number of amides is 1. The molecular weight excluding hydrogens is 497 g/mol. The molecule has 1 fully saturated rings. The van der Waals surface area contributed by atoms with Gasteiger partial charge in [-0.1, -0.05) is 24.8 Å². The molecule has 2 aromatic carbocycles. The van der Waals surface area contributed by atoms with E-state index in [4.69, 9.17) is 9.72 Å². The van der Waals surface area contributed by atoms with Gasteiger partial charge in [-0.15, -0.1) is 0 Å². The summed E-state index contributed by atoms with van der Waals surface area (Å²) in [5.41, 5.74) is 5.56. The van der Waals surface area contributed by atoms with E-state index in [2.05, 4.69) is 61.9 Å². The molecule has 3 heterocycles. The third-order valence-corrected chi connectivity index (χ3v) is 7.03. The van der Waals surface area contributed by atoms with Gasteiger partial charge in [0.1, 0.15) is 5.75 Å². The first-order chi connectivity index (χ1) is 18.7. The maximum Gasteiger partial charge on any atom is 0.283 e. The van der Waals surface area contributed by atoms with Crippen molar-refractivity contribution in [1.29, 1.82) is 0 Å². The Morgan fingerprint density at radius 3 is 2.56 bits per heavy atom. The molecule has 0 saturated carbocycles. The third-order valence-electron chi connectivity index (χ3n) is 7.03. The van der Waals surface area contributed by atoms with Gasteiger partial charge in [0, 0.05) is 68.2 Å². The molecule has 10 heteroatoms. The molecule has 1 amide bonds. The topological polar surface area (TPSA) is 87.5 Å². The number of hydrogen-bond acceptors (Lipinski definition) is 7. The van der Waals surface area contributed by atoms with Crippen molar-refractivity contribution in [3.8, 4) is 17.0 Å². The predicted molar refractivity (Wildman–Crippen MR) is 154 cm³/mol. The summed E-state index contributed by atoms with van der Waals surface area (Å²) in [6.07, 6.45) is 3.83. The zero-order valence-electron chi connectivity index (χ0n) is 22.6. The van der Waals surface area contributed by atoms with Crippen molar-refractivity contribution >= 4 is 39.8 Å². The molecule has 202 valence electrons. The van der Waals surface area contributed by atoms with E-state index in [0.29, 0.717) is 23.1 Å². The molecule has 39 heavy (non-hydrogen) atoms. The second kappa shape index (κ2) is 10.7. The standard InChI is InChI=1S/C29H32FN7O2/c1-18-16-31-29(34-27(18)21-17-36(4)24-9-7-6-8-20(21)24)33-23-14-22(32-28(38)19(2)30)25(15-26(23)39-5)37-12-10-35(3)11-13-37/h6-9,14-17H,2,10-13H2,1,3-5H3,(H,32,38)(H,31,33,34). The Morgan fingerprint density at radius 2 is 1.85 bits per heavy atom. The summed E-state index contributed by atoms with van der Waals surface area (Å²) in [6, 6.07) is 11.7. The second-order valence-corrected chi connectivity index (χ2v) is 9.74. The van der Waals surface area contributed by atoms with Gasteiger partial charge in [-0.05, 0) is 31.7 Å². The van der Waals surface area contributed by atoms with E-state index in [1.165, 1.54) is 0 Å². The van der Waals surface area contributed by atoms with Crippen LogP contribution in [0, 0.1) is 6.92 Å². The monoisotopic (exact) mass is 529 g/mol. The summed E-state index contributed by atoms with van der Waals surface area (Å²) in [7, 11) is 5.65. The minimum atomic E-state index is -1.06. The largest absolute Gasteiger partial charge is 0.494 e. The number of likely N-dealkylation sites (N-methyl/N-ethyl adjacent to an activating group) is 1. The molecule has 2 aromatic heterocycles. The fourth-order valence-corrected chi connectivity index (χ4v) is 4.86. The molecule has 5 rings (SSSR count). The van der Waals surface area contributed by atoms with Gasteiger partial charge in [0.05, 0.1) is 29.9 Å². The lowest BCUT2D eigenvalue weighted by atomic mass is 10.1. The Labute approximate surface area is 226 Å². The van der Waals surface area contributed by atoms with Crippen LogP contribution in [0.4, 0.5) is 27.4 Å². The van der Waals surface area contributed by atoms with Crippen LogP contribution in [0.5, 0.6) is 5.75 Å². The second-order valence-electron chi connectivity index (χ2n) is 9.74. The van der Waals surface area contributed by atoms with Gasteiger partial charge in [0.2, 0.25) is 5.95 Å². The third kappa shape index (κ3) is 5.28. The highest BCUT2D eigenvalue weighted by molar-refractivity contribution is 6.04. The molecule has 1 saturated heterocycles. The maximum absolute atomic E-state index is 13.7. The minimum Gasteiger partial charge on any atom is -0.494 e. The average molecular weight is 530 g/mol. The molecule has 2 N–H and O–H groups in total. The van der Waals surface area contributed by atoms with E-state index >= 15 is 0 Å². The number of carbonyl (C=O) groups excluding carboxylic acids is 1. The SMILES string of the molecule is C=C(F)C(=O)Nc1cc(Nc2ncc(C)c(-c3cn(C)c4ccccc34)n2)c(OC)cc1N1CCN(C)CC1. The molecule has 0 radical (unpaired) electrons. The van der Waals surface area contributed by atoms with Gasteiger partial charge in [-0.2, -0.15) is 0 Å². The van der Waals surface area contributed by atoms with Gasteiger partial charge in [0.15, 0.2) is 5.83 Å². The predicted octanol–water partition coefficient (Wildman–Crippen LogP) is 4.87. The zero-order valence-corrected chi connectivity index (χ0v) is 22.6. The molecule has 0 spiro atoms. The lowest BCUT2D eigenvalue weighted by Crippen LogP contribution is -2.44. The molecule has 0 unspecified atom stereocenters. The average Bonchev–Trinajstić information content (AvgIpc) is 3.26. The normalized spacial score (nSPS) is 13.9. The number of fused-ring (bicyclic) bond motifs is 1. The van der Waals surface area contributed by atoms with Crippen molar-refractivity contribution in [3.63, 3.8) is 0 Å². The number of halogens is 1. The highest BCUT2D eigenvalue weighted by Gasteiger charge is 2.22. The van der Waals surface area contributed by atoms with E-state index < -0.39 is 11.7 Å². The fourth-order valence-electron chi connectivity index (χ4n) is 4.86. The number of carbonyl (C=O) groups is 1. The van der Waals surface area contributed by atoms with Gasteiger partial charge >= 0.3 is 0 Å². The van der Waals surface area contributed by atoms with Crippen LogP contribution in [0.25, 0.3) is 22.2 Å². The van der Waals surface area contributed by atoms with Crippen molar-refractivity contribution in [2.45, 2.75) is 6.92 Å². The van der Waals surface area contributed by atoms with Gasteiger partial charge in [0.25, 0.3) is 5.91 Å². The summed E-state index contributed by atoms with van der Waals surface area (Å²) in [4.78, 5) is 26.0. The Kier molecular flexibility index (Phi) is 7.21. The number of benzene rings is 2. The molecule has 0 atom stereocenters. The molecule has 1 aliphatic heterocycles. The summed E-state index contributed by atoms with van der Waals surface area (Å²) in [6.45, 7) is 8.34. The van der Waals surface area contributed by atoms with E-state index in [-0.39, 0.29) is 0 Å². The number of methoxy groups -OCH3 is 1. The van der Waals surface area contributed by atoms with Crippen LogP contribution in [-0.4, -0.2) is 65.7 Å². The van der Waals surface area contributed by atoms with E-state index in [9.17, 15) is 9.18 Å². The van der Waals surface area contributed by atoms with Crippen LogP contribution in [0.2, 0.25) is 0 Å². The van der Waals surface area contributed by atoms with Crippen LogP contribution in [-0.2, 0) is 11.8 Å². The summed E-state index contributed by atoms with van der Waals surface area (Å²) in [5, 5.41) is 7.00. The van der Waals surface area contributed by atoms with Crippen LogP contribution in [0.1, 0.15) is 5.56 Å². The number of anilines is 4. The number of aromatic nitrogens is 3. The number of piperazine rings is 1. The first-order valence-electron chi connectivity index (χ1n) is 12.7. The highest BCUT2D eigenvalue weighted by atomic mass is 19.1. The van der Waals surface area contributed by atoms with Crippen molar-refractivity contribution in [1.82, 2.24) is 19.4 Å². The number of ether oxygens (including phenoxy) is 1. The van der Waals surface area contributed by atoms with Crippen molar-refractivity contribution in [2.75, 3.05) is 55.9 Å². The lowest BCUT2D eigenvalue weighted by Gasteiger charge is -2.35.